The molecule has 0 aliphatic heterocycles. The number of halogens is 1. The number of rotatable bonds is 4. The van der Waals surface area contributed by atoms with Crippen LogP contribution in [0.4, 0.5) is 0 Å². The molecule has 3 heteroatoms. The Hall–Kier alpha value is -0.380. The predicted molar refractivity (Wildman–Crippen MR) is 62.3 cm³/mol. The van der Waals surface area contributed by atoms with Crippen LogP contribution >= 0.6 is 15.9 Å². The summed E-state index contributed by atoms with van der Waals surface area (Å²) in [7, 11) is 0. The highest BCUT2D eigenvalue weighted by molar-refractivity contribution is 9.10. The van der Waals surface area contributed by atoms with Crippen LogP contribution in [0.2, 0.25) is 0 Å². The van der Waals surface area contributed by atoms with Gasteiger partial charge in [-0.15, -0.1) is 0 Å². The van der Waals surface area contributed by atoms with Gasteiger partial charge in [0.25, 0.3) is 0 Å². The lowest BCUT2D eigenvalue weighted by atomic mass is 10.1. The molecule has 0 bridgehead atoms. The van der Waals surface area contributed by atoms with Crippen LogP contribution in [0.25, 0.3) is 0 Å². The van der Waals surface area contributed by atoms with Gasteiger partial charge in [0.15, 0.2) is 0 Å². The number of nitrogens with one attached hydrogen (secondary N) is 1. The molecule has 2 nitrogen and oxygen atoms in total. The van der Waals surface area contributed by atoms with E-state index in [1.807, 2.05) is 6.92 Å². The minimum absolute atomic E-state index is 0.142. The van der Waals surface area contributed by atoms with Crippen molar-refractivity contribution in [1.82, 2.24) is 5.32 Å². The summed E-state index contributed by atoms with van der Waals surface area (Å²) in [5.41, 5.74) is 2.46. The zero-order valence-electron chi connectivity index (χ0n) is 8.55. The highest BCUT2D eigenvalue weighted by Gasteiger charge is 2.02. The zero-order chi connectivity index (χ0) is 10.6. The van der Waals surface area contributed by atoms with Crippen LogP contribution in [-0.2, 0) is 6.54 Å². The average Bonchev–Trinajstić information content (AvgIpc) is 2.16. The van der Waals surface area contributed by atoms with Gasteiger partial charge in [0.05, 0.1) is 6.61 Å². The summed E-state index contributed by atoms with van der Waals surface area (Å²) in [5.74, 6) is 0. The highest BCUT2D eigenvalue weighted by Crippen LogP contribution is 2.18. The van der Waals surface area contributed by atoms with E-state index in [2.05, 4.69) is 46.4 Å². The fourth-order valence-electron chi connectivity index (χ4n) is 1.14. The van der Waals surface area contributed by atoms with E-state index in [0.717, 1.165) is 11.0 Å². The van der Waals surface area contributed by atoms with E-state index in [9.17, 15) is 0 Å². The van der Waals surface area contributed by atoms with E-state index >= 15 is 0 Å². The van der Waals surface area contributed by atoms with E-state index in [0.29, 0.717) is 0 Å². The van der Waals surface area contributed by atoms with Crippen molar-refractivity contribution in [3.8, 4) is 0 Å². The summed E-state index contributed by atoms with van der Waals surface area (Å²) < 4.78 is 1.12. The molecule has 0 saturated heterocycles. The van der Waals surface area contributed by atoms with Gasteiger partial charge < -0.3 is 10.4 Å². The van der Waals surface area contributed by atoms with Crippen LogP contribution in [0, 0.1) is 6.92 Å². The van der Waals surface area contributed by atoms with Crippen LogP contribution in [0.1, 0.15) is 18.1 Å². The molecular weight excluding hydrogens is 242 g/mol. The Morgan fingerprint density at radius 3 is 2.79 bits per heavy atom. The first-order valence-electron chi connectivity index (χ1n) is 4.72. The van der Waals surface area contributed by atoms with Crippen molar-refractivity contribution in [3.63, 3.8) is 0 Å². The SMILES string of the molecule is Cc1ccc(CN[C@H](C)CO)c(Br)c1. The normalized spacial score (nSPS) is 12.9. The van der Waals surface area contributed by atoms with E-state index < -0.39 is 0 Å². The molecule has 0 radical (unpaired) electrons. The Bertz CT molecular complexity index is 301. The minimum atomic E-state index is 0.142. The van der Waals surface area contributed by atoms with Crippen LogP contribution in [0.15, 0.2) is 22.7 Å². The van der Waals surface area contributed by atoms with Crippen molar-refractivity contribution in [1.29, 1.82) is 0 Å². The predicted octanol–water partition coefficient (Wildman–Crippen LogP) is 2.23. The summed E-state index contributed by atoms with van der Waals surface area (Å²) in [5, 5.41) is 12.1. The van der Waals surface area contributed by atoms with Gasteiger partial charge in [0, 0.05) is 17.1 Å². The Morgan fingerprint density at radius 1 is 1.50 bits per heavy atom. The quantitative estimate of drug-likeness (QED) is 0.868. The lowest BCUT2D eigenvalue weighted by Gasteiger charge is -2.11. The van der Waals surface area contributed by atoms with Crippen molar-refractivity contribution in [2.75, 3.05) is 6.61 Å². The standard InChI is InChI=1S/C11H16BrNO/c1-8-3-4-10(11(12)5-8)6-13-9(2)7-14/h3-5,9,13-14H,6-7H2,1-2H3/t9-/m1/s1. The molecule has 0 aromatic heterocycles. The molecule has 78 valence electrons. The second-order valence-corrected chi connectivity index (χ2v) is 4.41. The van der Waals surface area contributed by atoms with Gasteiger partial charge in [-0.25, -0.2) is 0 Å². The maximum atomic E-state index is 8.85. The summed E-state index contributed by atoms with van der Waals surface area (Å²) >= 11 is 3.52. The van der Waals surface area contributed by atoms with Crippen LogP contribution in [0.5, 0.6) is 0 Å². The van der Waals surface area contributed by atoms with Gasteiger partial charge in [-0.1, -0.05) is 28.1 Å². The summed E-state index contributed by atoms with van der Waals surface area (Å²) in [6, 6.07) is 6.42. The van der Waals surface area contributed by atoms with Gasteiger partial charge in [-0.2, -0.15) is 0 Å². The molecule has 2 N–H and O–H groups in total. The van der Waals surface area contributed by atoms with Crippen molar-refractivity contribution in [3.05, 3.63) is 33.8 Å². The van der Waals surface area contributed by atoms with Crippen molar-refractivity contribution < 1.29 is 5.11 Å². The Morgan fingerprint density at radius 2 is 2.21 bits per heavy atom. The second kappa shape index (κ2) is 5.49. The molecule has 1 aromatic rings. The van der Waals surface area contributed by atoms with Gasteiger partial charge in [0.1, 0.15) is 0 Å². The van der Waals surface area contributed by atoms with Crippen molar-refractivity contribution in [2.24, 2.45) is 0 Å². The maximum absolute atomic E-state index is 8.85. The largest absolute Gasteiger partial charge is 0.395 e. The van der Waals surface area contributed by atoms with Gasteiger partial charge in [0.2, 0.25) is 0 Å². The molecule has 0 fully saturated rings. The Kier molecular flexibility index (Phi) is 4.58. The molecule has 1 rings (SSSR count). The molecule has 1 atom stereocenters. The first-order chi connectivity index (χ1) is 6.63. The molecule has 0 saturated carbocycles. The average molecular weight is 258 g/mol. The third-order valence-corrected chi connectivity index (χ3v) is 2.86. The van der Waals surface area contributed by atoms with Gasteiger partial charge >= 0.3 is 0 Å². The van der Waals surface area contributed by atoms with E-state index in [4.69, 9.17) is 5.11 Å². The number of aliphatic hydroxyl groups excluding tert-OH is 1. The fourth-order valence-corrected chi connectivity index (χ4v) is 1.78. The van der Waals surface area contributed by atoms with E-state index in [1.165, 1.54) is 11.1 Å². The van der Waals surface area contributed by atoms with Crippen LogP contribution in [-0.4, -0.2) is 17.8 Å². The molecule has 0 aliphatic rings. The minimum Gasteiger partial charge on any atom is -0.395 e. The third kappa shape index (κ3) is 3.40. The summed E-state index contributed by atoms with van der Waals surface area (Å²) in [4.78, 5) is 0. The molecule has 0 unspecified atom stereocenters. The molecule has 0 amide bonds. The second-order valence-electron chi connectivity index (χ2n) is 3.56. The monoisotopic (exact) mass is 257 g/mol. The van der Waals surface area contributed by atoms with Crippen molar-refractivity contribution in [2.45, 2.75) is 26.4 Å². The maximum Gasteiger partial charge on any atom is 0.0582 e. The van der Waals surface area contributed by atoms with E-state index in [1.54, 1.807) is 0 Å². The molecule has 1 aromatic carbocycles. The number of aryl methyl sites for hydroxylation is 1. The number of benzene rings is 1. The topological polar surface area (TPSA) is 32.3 Å². The van der Waals surface area contributed by atoms with Crippen LogP contribution < -0.4 is 5.32 Å². The van der Waals surface area contributed by atoms with Gasteiger partial charge in [-0.3, -0.25) is 0 Å². The molecular formula is C11H16BrNO. The summed E-state index contributed by atoms with van der Waals surface area (Å²) in [6.45, 7) is 4.98. The lowest BCUT2D eigenvalue weighted by molar-refractivity contribution is 0.251. The molecule has 14 heavy (non-hydrogen) atoms. The molecule has 0 heterocycles. The first kappa shape index (κ1) is 11.7. The smallest absolute Gasteiger partial charge is 0.0582 e. The van der Waals surface area contributed by atoms with Crippen molar-refractivity contribution >= 4 is 15.9 Å². The first-order valence-corrected chi connectivity index (χ1v) is 5.52. The van der Waals surface area contributed by atoms with Crippen LogP contribution in [0.3, 0.4) is 0 Å². The third-order valence-electron chi connectivity index (χ3n) is 2.12. The fraction of sp³-hybridized carbons (Fsp3) is 0.455. The highest BCUT2D eigenvalue weighted by atomic mass is 79.9. The number of aliphatic hydroxyl groups is 1. The summed E-state index contributed by atoms with van der Waals surface area (Å²) in [6.07, 6.45) is 0. The molecule has 0 spiro atoms. The Balaban J connectivity index is 2.59. The zero-order valence-corrected chi connectivity index (χ0v) is 10.1. The Labute approximate surface area is 93.5 Å². The van der Waals surface area contributed by atoms with E-state index in [-0.39, 0.29) is 12.6 Å². The lowest BCUT2D eigenvalue weighted by Crippen LogP contribution is -2.28. The molecule has 0 aliphatic carbocycles. The van der Waals surface area contributed by atoms with Gasteiger partial charge in [-0.05, 0) is 31.0 Å². The number of hydrogen-bond acceptors (Lipinski definition) is 2. The number of hydrogen-bond donors (Lipinski definition) is 2.